The summed E-state index contributed by atoms with van der Waals surface area (Å²) < 4.78 is 10.6. The number of pyridine rings is 1. The summed E-state index contributed by atoms with van der Waals surface area (Å²) in [5, 5.41) is 6.08. The molecule has 0 fully saturated rings. The van der Waals surface area contributed by atoms with Gasteiger partial charge < -0.3 is 15.2 Å². The van der Waals surface area contributed by atoms with E-state index in [-0.39, 0.29) is 5.91 Å². The lowest BCUT2D eigenvalue weighted by Crippen LogP contribution is -2.11. The minimum Gasteiger partial charge on any atom is -0.493 e. The molecule has 3 aromatic heterocycles. The maximum absolute atomic E-state index is 12.9. The minimum absolute atomic E-state index is 0.289. The minimum atomic E-state index is -0.289. The van der Waals surface area contributed by atoms with Gasteiger partial charge in [0.15, 0.2) is 16.6 Å². The van der Waals surface area contributed by atoms with Crippen LogP contribution >= 0.6 is 22.7 Å². The van der Waals surface area contributed by atoms with Crippen molar-refractivity contribution in [3.63, 3.8) is 0 Å². The normalized spacial score (nSPS) is 11.0. The Labute approximate surface area is 187 Å². The number of thiazole rings is 1. The maximum Gasteiger partial charge on any atom is 0.269 e. The Balaban J connectivity index is 1.62. The number of amides is 1. The number of methoxy groups -OCH3 is 2. The predicted octanol–water partition coefficient (Wildman–Crippen LogP) is 5.20. The number of nitrogens with two attached hydrogens (primary N) is 1. The van der Waals surface area contributed by atoms with E-state index in [0.29, 0.717) is 27.2 Å². The third-order valence-corrected chi connectivity index (χ3v) is 7.14. The molecule has 1 aromatic carbocycles. The van der Waals surface area contributed by atoms with Crippen LogP contribution in [0.15, 0.2) is 23.6 Å². The monoisotopic (exact) mass is 454 g/mol. The molecule has 4 rings (SSSR count). The van der Waals surface area contributed by atoms with Crippen molar-refractivity contribution in [1.82, 2.24) is 9.97 Å². The molecule has 7 nitrogen and oxygen atoms in total. The van der Waals surface area contributed by atoms with E-state index in [1.807, 2.05) is 44.4 Å². The lowest BCUT2D eigenvalue weighted by molar-refractivity contribution is 0.103. The van der Waals surface area contributed by atoms with Crippen molar-refractivity contribution in [3.8, 4) is 22.8 Å². The van der Waals surface area contributed by atoms with E-state index in [1.54, 1.807) is 14.2 Å². The molecule has 160 valence electrons. The topological polar surface area (TPSA) is 99.4 Å². The molecule has 9 heteroatoms. The average molecular weight is 455 g/mol. The van der Waals surface area contributed by atoms with Crippen molar-refractivity contribution in [1.29, 1.82) is 0 Å². The summed E-state index contributed by atoms with van der Waals surface area (Å²) in [6.07, 6.45) is 0. The second kappa shape index (κ2) is 8.16. The van der Waals surface area contributed by atoms with Crippen LogP contribution in [0.25, 0.3) is 21.5 Å². The molecule has 3 N–H and O–H groups in total. The van der Waals surface area contributed by atoms with Gasteiger partial charge in [0, 0.05) is 22.0 Å². The van der Waals surface area contributed by atoms with Gasteiger partial charge in [0.2, 0.25) is 0 Å². The van der Waals surface area contributed by atoms with E-state index in [9.17, 15) is 4.79 Å². The van der Waals surface area contributed by atoms with E-state index >= 15 is 0 Å². The molecule has 0 unspecified atom stereocenters. The zero-order valence-electron chi connectivity index (χ0n) is 17.8. The largest absolute Gasteiger partial charge is 0.493 e. The van der Waals surface area contributed by atoms with Crippen LogP contribution in [0.2, 0.25) is 0 Å². The lowest BCUT2D eigenvalue weighted by Gasteiger charge is -2.08. The van der Waals surface area contributed by atoms with Crippen LogP contribution < -0.4 is 20.5 Å². The Morgan fingerprint density at radius 2 is 1.81 bits per heavy atom. The van der Waals surface area contributed by atoms with Crippen molar-refractivity contribution in [2.75, 3.05) is 25.3 Å². The number of fused-ring (bicyclic) bond motifs is 1. The number of nitrogen functional groups attached to an aromatic ring is 1. The lowest BCUT2D eigenvalue weighted by atomic mass is 10.1. The molecule has 0 radical (unpaired) electrons. The van der Waals surface area contributed by atoms with Crippen molar-refractivity contribution in [2.45, 2.75) is 20.8 Å². The average Bonchev–Trinajstić information content (AvgIpc) is 3.36. The first-order chi connectivity index (χ1) is 14.8. The van der Waals surface area contributed by atoms with Crippen LogP contribution in [0.3, 0.4) is 0 Å². The molecule has 0 aliphatic heterocycles. The van der Waals surface area contributed by atoms with Gasteiger partial charge in [-0.1, -0.05) is 0 Å². The van der Waals surface area contributed by atoms with Gasteiger partial charge in [-0.25, -0.2) is 9.97 Å². The van der Waals surface area contributed by atoms with Crippen LogP contribution in [0, 0.1) is 20.8 Å². The number of benzene rings is 1. The Hall–Kier alpha value is -3.17. The van der Waals surface area contributed by atoms with Crippen LogP contribution in [-0.2, 0) is 0 Å². The summed E-state index contributed by atoms with van der Waals surface area (Å²) in [5.41, 5.74) is 11.5. The van der Waals surface area contributed by atoms with Crippen LogP contribution in [0.1, 0.15) is 26.5 Å². The number of aromatic nitrogens is 2. The molecule has 0 spiro atoms. The van der Waals surface area contributed by atoms with Gasteiger partial charge in [-0.2, -0.15) is 0 Å². The first kappa shape index (κ1) is 21.1. The van der Waals surface area contributed by atoms with Gasteiger partial charge in [0.25, 0.3) is 5.91 Å². The zero-order valence-corrected chi connectivity index (χ0v) is 19.5. The number of ether oxygens (including phenoxy) is 2. The molecule has 0 saturated carbocycles. The number of thiophene rings is 1. The van der Waals surface area contributed by atoms with Gasteiger partial charge in [0.05, 0.1) is 25.6 Å². The summed E-state index contributed by atoms with van der Waals surface area (Å²) in [4.78, 5) is 23.3. The van der Waals surface area contributed by atoms with Gasteiger partial charge in [-0.15, -0.1) is 22.7 Å². The number of nitrogens with one attached hydrogen (secondary N) is 1. The smallest absolute Gasteiger partial charge is 0.269 e. The van der Waals surface area contributed by atoms with Crippen molar-refractivity contribution in [2.24, 2.45) is 0 Å². The Morgan fingerprint density at radius 1 is 1.06 bits per heavy atom. The van der Waals surface area contributed by atoms with Crippen molar-refractivity contribution in [3.05, 3.63) is 45.3 Å². The van der Waals surface area contributed by atoms with Crippen molar-refractivity contribution >= 4 is 49.6 Å². The fourth-order valence-electron chi connectivity index (χ4n) is 3.35. The van der Waals surface area contributed by atoms with Gasteiger partial charge in [-0.05, 0) is 50.1 Å². The van der Waals surface area contributed by atoms with Gasteiger partial charge in [0.1, 0.15) is 9.71 Å². The molecular weight excluding hydrogens is 432 g/mol. The zero-order chi connectivity index (χ0) is 22.3. The van der Waals surface area contributed by atoms with E-state index in [0.717, 1.165) is 38.3 Å². The third-order valence-electron chi connectivity index (χ3n) is 5.29. The summed E-state index contributed by atoms with van der Waals surface area (Å²) >= 11 is 2.64. The van der Waals surface area contributed by atoms with E-state index in [4.69, 9.17) is 15.2 Å². The van der Waals surface area contributed by atoms with E-state index in [2.05, 4.69) is 15.3 Å². The number of nitrogens with zero attached hydrogens (tertiary/aromatic N) is 2. The highest BCUT2D eigenvalue weighted by Crippen LogP contribution is 2.37. The number of aryl methyl sites for hydroxylation is 2. The highest BCUT2D eigenvalue weighted by atomic mass is 32.1. The van der Waals surface area contributed by atoms with Gasteiger partial charge >= 0.3 is 0 Å². The molecule has 0 aliphatic rings. The van der Waals surface area contributed by atoms with Crippen molar-refractivity contribution < 1.29 is 14.3 Å². The quantitative estimate of drug-likeness (QED) is 0.430. The molecular formula is C22H22N4O3S2. The second-order valence-corrected chi connectivity index (χ2v) is 8.89. The first-order valence-electron chi connectivity index (χ1n) is 9.49. The fraction of sp³-hybridized carbons (Fsp3) is 0.227. The molecule has 0 atom stereocenters. The molecule has 4 aromatic rings. The standard InChI is InChI=1S/C22H22N4O3S2/c1-10-11(2)17-18(23)19(31-21(17)24-12(10)3)20(27)26-22-25-14(9-30-22)13-6-7-15(28-4)16(8-13)29-5/h6-9H,23H2,1-5H3,(H,25,26,27). The van der Waals surface area contributed by atoms with Crippen LogP contribution in [0.4, 0.5) is 10.8 Å². The molecule has 0 aliphatic carbocycles. The molecule has 0 bridgehead atoms. The first-order valence-corrected chi connectivity index (χ1v) is 11.2. The number of hydrogen-bond acceptors (Lipinski definition) is 8. The Kier molecular flexibility index (Phi) is 5.55. The number of anilines is 2. The van der Waals surface area contributed by atoms with Crippen LogP contribution in [0.5, 0.6) is 11.5 Å². The summed E-state index contributed by atoms with van der Waals surface area (Å²) in [7, 11) is 3.18. The van der Waals surface area contributed by atoms with Crippen LogP contribution in [-0.4, -0.2) is 30.1 Å². The second-order valence-electron chi connectivity index (χ2n) is 7.03. The molecule has 31 heavy (non-hydrogen) atoms. The predicted molar refractivity (Wildman–Crippen MR) is 127 cm³/mol. The van der Waals surface area contributed by atoms with Gasteiger partial charge in [-0.3, -0.25) is 10.1 Å². The maximum atomic E-state index is 12.9. The molecule has 3 heterocycles. The Morgan fingerprint density at radius 3 is 2.52 bits per heavy atom. The summed E-state index contributed by atoms with van der Waals surface area (Å²) in [6, 6.07) is 5.57. The van der Waals surface area contributed by atoms with E-state index < -0.39 is 0 Å². The fourth-order valence-corrected chi connectivity index (χ4v) is 5.16. The summed E-state index contributed by atoms with van der Waals surface area (Å²) in [5.74, 6) is 0.970. The highest BCUT2D eigenvalue weighted by molar-refractivity contribution is 7.21. The summed E-state index contributed by atoms with van der Waals surface area (Å²) in [6.45, 7) is 5.98. The number of hydrogen-bond donors (Lipinski definition) is 2. The Bertz CT molecular complexity index is 1310. The number of rotatable bonds is 5. The number of carbonyl (C=O) groups is 1. The molecule has 0 saturated heterocycles. The highest BCUT2D eigenvalue weighted by Gasteiger charge is 2.21. The number of carbonyl (C=O) groups excluding carboxylic acids is 1. The third kappa shape index (κ3) is 3.70. The van der Waals surface area contributed by atoms with E-state index in [1.165, 1.54) is 22.7 Å². The SMILES string of the molecule is COc1ccc(-c2csc(NC(=O)c3sc4nc(C)c(C)c(C)c4c3N)n2)cc1OC. The molecule has 1 amide bonds.